The third-order valence-corrected chi connectivity index (χ3v) is 4.04. The second-order valence-corrected chi connectivity index (χ2v) is 6.32. The van der Waals surface area contributed by atoms with Crippen LogP contribution in [0.5, 0.6) is 0 Å². The first-order chi connectivity index (χ1) is 10.1. The van der Waals surface area contributed by atoms with Crippen LogP contribution >= 0.6 is 15.9 Å². The molecule has 1 N–H and O–H groups in total. The van der Waals surface area contributed by atoms with E-state index in [0.29, 0.717) is 6.04 Å². The summed E-state index contributed by atoms with van der Waals surface area (Å²) in [7, 11) is 0. The van der Waals surface area contributed by atoms with Crippen LogP contribution < -0.4 is 5.32 Å². The van der Waals surface area contributed by atoms with E-state index in [1.165, 1.54) is 0 Å². The van der Waals surface area contributed by atoms with Crippen molar-refractivity contribution < 1.29 is 8.83 Å². The molecule has 0 bridgehead atoms. The molecule has 2 atom stereocenters. The minimum atomic E-state index is 0.154. The predicted molar refractivity (Wildman–Crippen MR) is 87.3 cm³/mol. The molecular weight excluding hydrogens is 330 g/mol. The Balaban J connectivity index is 1.69. The lowest BCUT2D eigenvalue weighted by Crippen LogP contribution is -2.30. The second kappa shape index (κ2) is 6.08. The quantitative estimate of drug-likeness (QED) is 0.700. The van der Waals surface area contributed by atoms with Crippen molar-refractivity contribution in [3.63, 3.8) is 0 Å². The predicted octanol–water partition coefficient (Wildman–Crippen LogP) is 5.07. The summed E-state index contributed by atoms with van der Waals surface area (Å²) in [4.78, 5) is 0. The van der Waals surface area contributed by atoms with Gasteiger partial charge in [0.1, 0.15) is 17.1 Å². The van der Waals surface area contributed by atoms with E-state index in [1.807, 2.05) is 24.3 Å². The zero-order valence-electron chi connectivity index (χ0n) is 12.1. The zero-order valence-corrected chi connectivity index (χ0v) is 13.7. The van der Waals surface area contributed by atoms with Crippen LogP contribution in [-0.4, -0.2) is 6.04 Å². The molecule has 0 fully saturated rings. The number of hydrogen-bond acceptors (Lipinski definition) is 3. The average molecular weight is 348 g/mol. The van der Waals surface area contributed by atoms with Gasteiger partial charge in [-0.05, 0) is 50.2 Å². The maximum atomic E-state index is 5.91. The van der Waals surface area contributed by atoms with Crippen molar-refractivity contribution in [1.29, 1.82) is 0 Å². The van der Waals surface area contributed by atoms with Crippen molar-refractivity contribution in [2.24, 2.45) is 0 Å². The molecule has 0 saturated carbocycles. The molecule has 3 rings (SSSR count). The van der Waals surface area contributed by atoms with Crippen molar-refractivity contribution in [2.75, 3.05) is 0 Å². The lowest BCUT2D eigenvalue weighted by Gasteiger charge is -2.17. The van der Waals surface area contributed by atoms with E-state index in [-0.39, 0.29) is 6.04 Å². The van der Waals surface area contributed by atoms with Crippen LogP contribution in [-0.2, 0) is 6.42 Å². The topological polar surface area (TPSA) is 38.3 Å². The summed E-state index contributed by atoms with van der Waals surface area (Å²) in [5.41, 5.74) is 0.917. The van der Waals surface area contributed by atoms with Gasteiger partial charge in [-0.1, -0.05) is 15.9 Å². The van der Waals surface area contributed by atoms with Crippen LogP contribution in [0.2, 0.25) is 0 Å². The van der Waals surface area contributed by atoms with E-state index in [9.17, 15) is 0 Å². The SMILES string of the molecule is CC(Cc1ccco1)NC(C)c1cc2cc(Br)ccc2o1. The Morgan fingerprint density at radius 3 is 2.81 bits per heavy atom. The molecule has 0 radical (unpaired) electrons. The summed E-state index contributed by atoms with van der Waals surface area (Å²) in [6.07, 6.45) is 2.58. The number of halogens is 1. The Labute approximate surface area is 132 Å². The van der Waals surface area contributed by atoms with Crippen LogP contribution in [0.3, 0.4) is 0 Å². The molecule has 3 aromatic rings. The van der Waals surface area contributed by atoms with Crippen molar-refractivity contribution in [3.05, 3.63) is 58.7 Å². The van der Waals surface area contributed by atoms with Crippen LogP contribution in [0.25, 0.3) is 11.0 Å². The van der Waals surface area contributed by atoms with Gasteiger partial charge in [0.05, 0.1) is 12.3 Å². The fraction of sp³-hybridized carbons (Fsp3) is 0.294. The maximum absolute atomic E-state index is 5.91. The van der Waals surface area contributed by atoms with E-state index in [1.54, 1.807) is 6.26 Å². The number of hydrogen-bond donors (Lipinski definition) is 1. The molecule has 0 aliphatic carbocycles. The van der Waals surface area contributed by atoms with Gasteiger partial charge in [0.25, 0.3) is 0 Å². The molecule has 0 spiro atoms. The molecule has 1 aromatic carbocycles. The first kappa shape index (κ1) is 14.4. The Kier molecular flexibility index (Phi) is 4.17. The molecule has 3 nitrogen and oxygen atoms in total. The van der Waals surface area contributed by atoms with E-state index in [2.05, 4.69) is 47.2 Å². The van der Waals surface area contributed by atoms with Gasteiger partial charge in [0.2, 0.25) is 0 Å². The fourth-order valence-corrected chi connectivity index (χ4v) is 2.93. The van der Waals surface area contributed by atoms with Gasteiger partial charge < -0.3 is 14.2 Å². The third kappa shape index (κ3) is 3.39. The van der Waals surface area contributed by atoms with Gasteiger partial charge in [-0.25, -0.2) is 0 Å². The minimum Gasteiger partial charge on any atom is -0.469 e. The molecule has 2 unspecified atom stereocenters. The molecular formula is C17H18BrNO2. The molecule has 2 aromatic heterocycles. The van der Waals surface area contributed by atoms with Crippen molar-refractivity contribution >= 4 is 26.9 Å². The highest BCUT2D eigenvalue weighted by atomic mass is 79.9. The fourth-order valence-electron chi connectivity index (χ4n) is 2.55. The Bertz CT molecular complexity index is 718. The molecule has 0 amide bonds. The van der Waals surface area contributed by atoms with Gasteiger partial charge in [-0.3, -0.25) is 0 Å². The molecule has 4 heteroatoms. The summed E-state index contributed by atoms with van der Waals surface area (Å²) >= 11 is 3.48. The van der Waals surface area contributed by atoms with Gasteiger partial charge in [0.15, 0.2) is 0 Å². The van der Waals surface area contributed by atoms with Gasteiger partial charge in [-0.15, -0.1) is 0 Å². The monoisotopic (exact) mass is 347 g/mol. The number of nitrogens with one attached hydrogen (secondary N) is 1. The van der Waals surface area contributed by atoms with Gasteiger partial charge >= 0.3 is 0 Å². The molecule has 0 saturated heterocycles. The summed E-state index contributed by atoms with van der Waals surface area (Å²) in [5.74, 6) is 1.95. The Morgan fingerprint density at radius 2 is 2.05 bits per heavy atom. The summed E-state index contributed by atoms with van der Waals surface area (Å²) in [6.45, 7) is 4.27. The minimum absolute atomic E-state index is 0.154. The summed E-state index contributed by atoms with van der Waals surface area (Å²) in [5, 5.41) is 4.66. The Morgan fingerprint density at radius 1 is 1.19 bits per heavy atom. The molecule has 110 valence electrons. The van der Waals surface area contributed by atoms with Crippen molar-refractivity contribution in [3.8, 4) is 0 Å². The highest BCUT2D eigenvalue weighted by Crippen LogP contribution is 2.26. The van der Waals surface area contributed by atoms with Crippen molar-refractivity contribution in [1.82, 2.24) is 5.32 Å². The van der Waals surface area contributed by atoms with Crippen molar-refractivity contribution in [2.45, 2.75) is 32.4 Å². The van der Waals surface area contributed by atoms with E-state index in [4.69, 9.17) is 8.83 Å². The van der Waals surface area contributed by atoms with E-state index < -0.39 is 0 Å². The van der Waals surface area contributed by atoms with E-state index in [0.717, 1.165) is 33.4 Å². The first-order valence-corrected chi connectivity index (χ1v) is 7.88. The average Bonchev–Trinajstić information content (AvgIpc) is 3.06. The molecule has 21 heavy (non-hydrogen) atoms. The smallest absolute Gasteiger partial charge is 0.134 e. The number of furan rings is 2. The van der Waals surface area contributed by atoms with Gasteiger partial charge in [-0.2, -0.15) is 0 Å². The number of fused-ring (bicyclic) bond motifs is 1. The highest BCUT2D eigenvalue weighted by molar-refractivity contribution is 9.10. The van der Waals surface area contributed by atoms with Crippen LogP contribution in [0.4, 0.5) is 0 Å². The Hall–Kier alpha value is -1.52. The summed E-state index contributed by atoms with van der Waals surface area (Å²) in [6, 6.07) is 12.5. The normalized spacial score (nSPS) is 14.4. The molecule has 2 heterocycles. The highest BCUT2D eigenvalue weighted by Gasteiger charge is 2.15. The maximum Gasteiger partial charge on any atom is 0.134 e. The van der Waals surface area contributed by atoms with Crippen LogP contribution in [0.1, 0.15) is 31.4 Å². The number of benzene rings is 1. The van der Waals surface area contributed by atoms with Crippen LogP contribution in [0, 0.1) is 0 Å². The molecule has 0 aliphatic heterocycles. The second-order valence-electron chi connectivity index (χ2n) is 5.40. The van der Waals surface area contributed by atoms with E-state index >= 15 is 0 Å². The third-order valence-electron chi connectivity index (χ3n) is 3.55. The molecule has 0 aliphatic rings. The first-order valence-electron chi connectivity index (χ1n) is 7.09. The number of rotatable bonds is 5. The zero-order chi connectivity index (χ0) is 14.8. The lowest BCUT2D eigenvalue weighted by atomic mass is 10.1. The summed E-state index contributed by atoms with van der Waals surface area (Å²) < 4.78 is 12.4. The lowest BCUT2D eigenvalue weighted by molar-refractivity contribution is 0.391. The standard InChI is InChI=1S/C17H18BrNO2/c1-11(8-15-4-3-7-20-15)19-12(2)17-10-13-9-14(18)5-6-16(13)21-17/h3-7,9-12,19H,8H2,1-2H3. The van der Waals surface area contributed by atoms with Crippen LogP contribution in [0.15, 0.2) is 56.0 Å². The van der Waals surface area contributed by atoms with Gasteiger partial charge in [0, 0.05) is 22.3 Å². The largest absolute Gasteiger partial charge is 0.469 e.